The third-order valence-corrected chi connectivity index (χ3v) is 2.73. The Morgan fingerprint density at radius 1 is 1.08 bits per heavy atom. The van der Waals surface area contributed by atoms with Crippen molar-refractivity contribution in [2.75, 3.05) is 19.8 Å². The molecule has 0 atom stereocenters. The molecule has 0 aromatic heterocycles. The summed E-state index contributed by atoms with van der Waals surface area (Å²) in [6, 6.07) is 0. The Hall–Kier alpha value is 0.310. The first-order valence-electron chi connectivity index (χ1n) is 4.64. The van der Waals surface area contributed by atoms with Crippen LogP contribution in [0.1, 0.15) is 33.6 Å². The Labute approximate surface area is 76.8 Å². The summed E-state index contributed by atoms with van der Waals surface area (Å²) < 4.78 is 10.7. The molecule has 0 amide bonds. The maximum atomic E-state index is 5.36. The van der Waals surface area contributed by atoms with Gasteiger partial charge in [0.05, 0.1) is 13.2 Å². The molecule has 74 valence electrons. The van der Waals surface area contributed by atoms with E-state index >= 15 is 0 Å². The van der Waals surface area contributed by atoms with Gasteiger partial charge in [0.2, 0.25) is 0 Å². The Balaban J connectivity index is 3.34. The normalized spacial score (nSPS) is 11.0. The molecule has 0 fully saturated rings. The number of nitrogens with one attached hydrogen (secondary N) is 1. The van der Waals surface area contributed by atoms with Gasteiger partial charge in [-0.3, -0.25) is 5.09 Å². The molecule has 0 saturated carbocycles. The highest BCUT2D eigenvalue weighted by Crippen LogP contribution is 2.32. The van der Waals surface area contributed by atoms with E-state index in [2.05, 4.69) is 12.0 Å². The molecule has 0 rings (SSSR count). The minimum Gasteiger partial charge on any atom is -0.322 e. The van der Waals surface area contributed by atoms with E-state index in [0.29, 0.717) is 13.2 Å². The maximum absolute atomic E-state index is 5.36. The zero-order valence-electron chi connectivity index (χ0n) is 8.30. The fraction of sp³-hybridized carbons (Fsp3) is 1.00. The summed E-state index contributed by atoms with van der Waals surface area (Å²) in [6.45, 7) is 8.55. The summed E-state index contributed by atoms with van der Waals surface area (Å²) in [5, 5.41) is 3.24. The van der Waals surface area contributed by atoms with Gasteiger partial charge in [-0.25, -0.2) is 0 Å². The van der Waals surface area contributed by atoms with Gasteiger partial charge in [0, 0.05) is 6.54 Å². The van der Waals surface area contributed by atoms with Crippen molar-refractivity contribution in [1.82, 2.24) is 5.09 Å². The van der Waals surface area contributed by atoms with Crippen molar-refractivity contribution in [3.8, 4) is 0 Å². The molecule has 0 unspecified atom stereocenters. The first-order chi connectivity index (χ1) is 5.85. The molecule has 3 nitrogen and oxygen atoms in total. The van der Waals surface area contributed by atoms with Crippen molar-refractivity contribution in [1.29, 1.82) is 0 Å². The third-order valence-electron chi connectivity index (χ3n) is 1.26. The van der Waals surface area contributed by atoms with Crippen LogP contribution in [0.15, 0.2) is 0 Å². The van der Waals surface area contributed by atoms with Gasteiger partial charge in [-0.15, -0.1) is 0 Å². The van der Waals surface area contributed by atoms with Crippen LogP contribution in [-0.4, -0.2) is 19.8 Å². The quantitative estimate of drug-likeness (QED) is 0.475. The lowest BCUT2D eigenvalue weighted by atomic mass is 10.3. The second kappa shape index (κ2) is 9.40. The van der Waals surface area contributed by atoms with Gasteiger partial charge in [-0.1, -0.05) is 13.3 Å². The smallest absolute Gasteiger partial charge is 0.255 e. The fourth-order valence-electron chi connectivity index (χ4n) is 0.710. The topological polar surface area (TPSA) is 30.5 Å². The van der Waals surface area contributed by atoms with Gasteiger partial charge in [0.25, 0.3) is 8.53 Å². The summed E-state index contributed by atoms with van der Waals surface area (Å²) in [6.07, 6.45) is 2.38. The molecule has 0 aromatic rings. The lowest BCUT2D eigenvalue weighted by Gasteiger charge is -2.15. The molecule has 4 heteroatoms. The van der Waals surface area contributed by atoms with E-state index in [0.717, 1.165) is 6.54 Å². The first kappa shape index (κ1) is 12.3. The van der Waals surface area contributed by atoms with E-state index in [4.69, 9.17) is 9.05 Å². The zero-order valence-corrected chi connectivity index (χ0v) is 9.19. The van der Waals surface area contributed by atoms with Crippen molar-refractivity contribution < 1.29 is 9.05 Å². The molecule has 0 bridgehead atoms. The molecule has 0 aliphatic heterocycles. The van der Waals surface area contributed by atoms with Crippen molar-refractivity contribution in [3.05, 3.63) is 0 Å². The highest BCUT2D eigenvalue weighted by Gasteiger charge is 2.06. The minimum absolute atomic E-state index is 0.713. The van der Waals surface area contributed by atoms with Gasteiger partial charge >= 0.3 is 0 Å². The van der Waals surface area contributed by atoms with Gasteiger partial charge in [0.15, 0.2) is 0 Å². The van der Waals surface area contributed by atoms with E-state index in [9.17, 15) is 0 Å². The molecular weight excluding hydrogens is 173 g/mol. The summed E-state index contributed by atoms with van der Waals surface area (Å²) in [4.78, 5) is 0. The molecule has 0 saturated heterocycles. The maximum Gasteiger partial charge on any atom is 0.255 e. The van der Waals surface area contributed by atoms with Crippen molar-refractivity contribution >= 4 is 8.53 Å². The molecule has 0 heterocycles. The molecule has 12 heavy (non-hydrogen) atoms. The minimum atomic E-state index is -0.822. The highest BCUT2D eigenvalue weighted by atomic mass is 31.2. The second-order valence-electron chi connectivity index (χ2n) is 2.35. The van der Waals surface area contributed by atoms with Gasteiger partial charge in [-0.05, 0) is 20.3 Å². The van der Waals surface area contributed by atoms with Crippen LogP contribution >= 0.6 is 8.53 Å². The molecule has 0 aromatic carbocycles. The van der Waals surface area contributed by atoms with E-state index in [1.54, 1.807) is 0 Å². The molecule has 0 radical (unpaired) electrons. The largest absolute Gasteiger partial charge is 0.322 e. The van der Waals surface area contributed by atoms with E-state index in [1.165, 1.54) is 12.8 Å². The second-order valence-corrected chi connectivity index (χ2v) is 3.70. The standard InChI is InChI=1S/C8H20NO2P/c1-4-7-8-9-12(10-5-2)11-6-3/h9H,4-8H2,1-3H3. The highest BCUT2D eigenvalue weighted by molar-refractivity contribution is 7.44. The number of unbranched alkanes of at least 4 members (excludes halogenated alkanes) is 1. The van der Waals surface area contributed by atoms with Crippen LogP contribution < -0.4 is 5.09 Å². The summed E-state index contributed by atoms with van der Waals surface area (Å²) >= 11 is 0. The van der Waals surface area contributed by atoms with E-state index in [-0.39, 0.29) is 0 Å². The molecule has 0 spiro atoms. The van der Waals surface area contributed by atoms with Crippen LogP contribution in [-0.2, 0) is 9.05 Å². The Kier molecular flexibility index (Phi) is 9.64. The average molecular weight is 193 g/mol. The predicted octanol–water partition coefficient (Wildman–Crippen LogP) is 2.68. The van der Waals surface area contributed by atoms with Crippen LogP contribution in [0.25, 0.3) is 0 Å². The third kappa shape index (κ3) is 6.99. The van der Waals surface area contributed by atoms with Crippen LogP contribution in [0.3, 0.4) is 0 Å². The van der Waals surface area contributed by atoms with Gasteiger partial charge in [0.1, 0.15) is 0 Å². The van der Waals surface area contributed by atoms with Crippen LogP contribution in [0.5, 0.6) is 0 Å². The lowest BCUT2D eigenvalue weighted by molar-refractivity contribution is 0.261. The van der Waals surface area contributed by atoms with Crippen LogP contribution in [0, 0.1) is 0 Å². The Morgan fingerprint density at radius 3 is 2.08 bits per heavy atom. The SMILES string of the molecule is CCCCNP(OCC)OCC. The van der Waals surface area contributed by atoms with E-state index in [1.807, 2.05) is 13.8 Å². The Morgan fingerprint density at radius 2 is 1.67 bits per heavy atom. The van der Waals surface area contributed by atoms with E-state index < -0.39 is 8.53 Å². The average Bonchev–Trinajstić information content (AvgIpc) is 2.06. The van der Waals surface area contributed by atoms with Crippen molar-refractivity contribution in [2.45, 2.75) is 33.6 Å². The van der Waals surface area contributed by atoms with Gasteiger partial charge in [-0.2, -0.15) is 0 Å². The summed E-state index contributed by atoms with van der Waals surface area (Å²) in [7, 11) is -0.822. The lowest BCUT2D eigenvalue weighted by Crippen LogP contribution is -2.12. The van der Waals surface area contributed by atoms with Crippen molar-refractivity contribution in [3.63, 3.8) is 0 Å². The summed E-state index contributed by atoms with van der Waals surface area (Å²) in [5.74, 6) is 0. The predicted molar refractivity (Wildman–Crippen MR) is 53.1 cm³/mol. The molecular formula is C8H20NO2P. The summed E-state index contributed by atoms with van der Waals surface area (Å²) in [5.41, 5.74) is 0. The molecule has 1 N–H and O–H groups in total. The Bertz CT molecular complexity index is 87.1. The number of hydrogen-bond acceptors (Lipinski definition) is 3. The fourth-order valence-corrected chi connectivity index (χ4v) is 1.78. The van der Waals surface area contributed by atoms with Crippen LogP contribution in [0.4, 0.5) is 0 Å². The first-order valence-corrected chi connectivity index (χ1v) is 5.82. The van der Waals surface area contributed by atoms with Crippen LogP contribution in [0.2, 0.25) is 0 Å². The van der Waals surface area contributed by atoms with Gasteiger partial charge < -0.3 is 9.05 Å². The zero-order chi connectivity index (χ0) is 9.23. The number of hydrogen-bond donors (Lipinski definition) is 1. The van der Waals surface area contributed by atoms with Crippen molar-refractivity contribution in [2.24, 2.45) is 0 Å². The molecule has 0 aliphatic carbocycles. The molecule has 0 aliphatic rings. The number of rotatable bonds is 8. The monoisotopic (exact) mass is 193 g/mol.